The van der Waals surface area contributed by atoms with Crippen LogP contribution in [-0.2, 0) is 0 Å². The van der Waals surface area contributed by atoms with Gasteiger partial charge in [-0.3, -0.25) is 4.98 Å². The maximum Gasteiger partial charge on any atom is 0.147 e. The Balaban J connectivity index is 1.24. The molecule has 0 fully saturated rings. The van der Waals surface area contributed by atoms with Crippen molar-refractivity contribution >= 4 is 76.5 Å². The van der Waals surface area contributed by atoms with Gasteiger partial charge in [0.25, 0.3) is 0 Å². The summed E-state index contributed by atoms with van der Waals surface area (Å²) in [6.45, 7) is 2.09. The molecule has 0 aliphatic rings. The number of benzene rings is 7. The van der Waals surface area contributed by atoms with Gasteiger partial charge < -0.3 is 8.83 Å². The lowest BCUT2D eigenvalue weighted by molar-refractivity contribution is 0.661. The van der Waals surface area contributed by atoms with Gasteiger partial charge in [-0.15, -0.1) is 0 Å². The van der Waals surface area contributed by atoms with Crippen LogP contribution in [0.5, 0.6) is 0 Å². The first-order valence-corrected chi connectivity index (χ1v) is 15.2. The molecule has 45 heavy (non-hydrogen) atoms. The number of para-hydroxylation sites is 2. The van der Waals surface area contributed by atoms with E-state index in [1.807, 2.05) is 18.3 Å². The summed E-state index contributed by atoms with van der Waals surface area (Å²) in [5.41, 5.74) is 10.3. The Morgan fingerprint density at radius 2 is 1.16 bits per heavy atom. The van der Waals surface area contributed by atoms with Crippen molar-refractivity contribution in [3.05, 3.63) is 133 Å². The summed E-state index contributed by atoms with van der Waals surface area (Å²) in [6, 6.07) is 42.2. The first-order valence-electron chi connectivity index (χ1n) is 15.2. The monoisotopic (exact) mass is 576 g/mol. The molecule has 0 radical (unpaired) electrons. The molecule has 0 N–H and O–H groups in total. The minimum absolute atomic E-state index is 0.824. The van der Waals surface area contributed by atoms with Gasteiger partial charge in [0.05, 0.1) is 28.3 Å². The van der Waals surface area contributed by atoms with Crippen LogP contribution in [0.1, 0.15) is 5.56 Å². The fourth-order valence-corrected chi connectivity index (χ4v) is 7.10. The zero-order chi connectivity index (χ0) is 29.6. The van der Waals surface area contributed by atoms with Crippen LogP contribution in [-0.4, -0.2) is 9.97 Å². The fraction of sp³-hybridized carbons (Fsp3) is 0.0244. The number of furan rings is 2. The highest BCUT2D eigenvalue weighted by Gasteiger charge is 2.21. The number of hydrogen-bond acceptors (Lipinski definition) is 4. The van der Waals surface area contributed by atoms with Gasteiger partial charge in [0.2, 0.25) is 0 Å². The third-order valence-electron chi connectivity index (χ3n) is 9.20. The van der Waals surface area contributed by atoms with Crippen LogP contribution < -0.4 is 0 Å². The van der Waals surface area contributed by atoms with Crippen molar-refractivity contribution in [2.24, 2.45) is 0 Å². The van der Waals surface area contributed by atoms with E-state index in [0.29, 0.717) is 0 Å². The van der Waals surface area contributed by atoms with E-state index in [1.165, 1.54) is 10.8 Å². The number of rotatable bonds is 2. The molecule has 0 spiro atoms. The van der Waals surface area contributed by atoms with Crippen LogP contribution in [0.2, 0.25) is 0 Å². The maximum absolute atomic E-state index is 6.68. The first-order chi connectivity index (χ1) is 22.2. The van der Waals surface area contributed by atoms with Crippen molar-refractivity contribution in [3.8, 4) is 22.4 Å². The van der Waals surface area contributed by atoms with Crippen LogP contribution in [0.25, 0.3) is 98.8 Å². The van der Waals surface area contributed by atoms with Crippen molar-refractivity contribution in [1.82, 2.24) is 9.97 Å². The summed E-state index contributed by atoms with van der Waals surface area (Å²) >= 11 is 0. The molecule has 0 saturated heterocycles. The SMILES string of the molecule is Cc1cccc2c1oc1c(-c3cccc(-c4cnc5c6ccccc6c6ccccc6c5n4)c3)cc3c4ccccc4oc3c12. The molecule has 10 aromatic rings. The molecule has 4 nitrogen and oxygen atoms in total. The smallest absolute Gasteiger partial charge is 0.147 e. The Labute approximate surface area is 257 Å². The molecule has 3 heterocycles. The van der Waals surface area contributed by atoms with Gasteiger partial charge in [-0.1, -0.05) is 103 Å². The lowest BCUT2D eigenvalue weighted by Gasteiger charge is -2.11. The minimum atomic E-state index is 0.824. The highest BCUT2D eigenvalue weighted by Crippen LogP contribution is 2.45. The van der Waals surface area contributed by atoms with E-state index in [4.69, 9.17) is 18.8 Å². The minimum Gasteiger partial charge on any atom is -0.455 e. The van der Waals surface area contributed by atoms with Crippen LogP contribution in [0, 0.1) is 6.92 Å². The van der Waals surface area contributed by atoms with E-state index in [0.717, 1.165) is 93.6 Å². The maximum atomic E-state index is 6.68. The third-order valence-corrected chi connectivity index (χ3v) is 9.20. The van der Waals surface area contributed by atoms with Crippen molar-refractivity contribution < 1.29 is 8.83 Å². The van der Waals surface area contributed by atoms with Gasteiger partial charge in [0.15, 0.2) is 0 Å². The molecule has 3 aromatic heterocycles. The lowest BCUT2D eigenvalue weighted by atomic mass is 9.96. The normalized spacial score (nSPS) is 12.1. The molecule has 0 unspecified atom stereocenters. The molecule has 0 atom stereocenters. The first kappa shape index (κ1) is 24.4. The van der Waals surface area contributed by atoms with E-state index in [1.54, 1.807) is 0 Å². The van der Waals surface area contributed by atoms with Crippen molar-refractivity contribution in [2.75, 3.05) is 0 Å². The van der Waals surface area contributed by atoms with Gasteiger partial charge in [-0.2, -0.15) is 0 Å². The molecule has 10 rings (SSSR count). The van der Waals surface area contributed by atoms with Gasteiger partial charge in [0.1, 0.15) is 22.3 Å². The van der Waals surface area contributed by atoms with Crippen LogP contribution in [0.3, 0.4) is 0 Å². The quantitative estimate of drug-likeness (QED) is 0.192. The molecule has 0 amide bonds. The summed E-state index contributed by atoms with van der Waals surface area (Å²) in [5.74, 6) is 0. The predicted molar refractivity (Wildman–Crippen MR) is 185 cm³/mol. The summed E-state index contributed by atoms with van der Waals surface area (Å²) < 4.78 is 13.2. The van der Waals surface area contributed by atoms with Crippen molar-refractivity contribution in [1.29, 1.82) is 0 Å². The highest BCUT2D eigenvalue weighted by molar-refractivity contribution is 6.26. The van der Waals surface area contributed by atoms with Crippen LogP contribution >= 0.6 is 0 Å². The van der Waals surface area contributed by atoms with Gasteiger partial charge in [0, 0.05) is 38.1 Å². The Kier molecular flexibility index (Phi) is 4.89. The third kappa shape index (κ3) is 3.42. The molecule has 4 heteroatoms. The zero-order valence-electron chi connectivity index (χ0n) is 24.3. The average molecular weight is 577 g/mol. The second-order valence-electron chi connectivity index (χ2n) is 11.8. The van der Waals surface area contributed by atoms with E-state index in [-0.39, 0.29) is 0 Å². The summed E-state index contributed by atoms with van der Waals surface area (Å²) in [5, 5.41) is 8.83. The van der Waals surface area contributed by atoms with Gasteiger partial charge in [-0.05, 0) is 47.0 Å². The van der Waals surface area contributed by atoms with Crippen molar-refractivity contribution in [3.63, 3.8) is 0 Å². The second kappa shape index (κ2) is 9.01. The average Bonchev–Trinajstić information content (AvgIpc) is 3.67. The topological polar surface area (TPSA) is 52.1 Å². The Bertz CT molecular complexity index is 2800. The lowest BCUT2D eigenvalue weighted by Crippen LogP contribution is -1.92. The predicted octanol–water partition coefficient (Wildman–Crippen LogP) is 11.4. The number of nitrogens with zero attached hydrogens (tertiary/aromatic N) is 2. The molecule has 210 valence electrons. The van der Waals surface area contributed by atoms with Crippen LogP contribution in [0.4, 0.5) is 0 Å². The van der Waals surface area contributed by atoms with Gasteiger partial charge in [-0.25, -0.2) is 4.98 Å². The molecule has 7 aromatic carbocycles. The molecule has 0 aliphatic carbocycles. The number of fused-ring (bicyclic) bond motifs is 13. The number of hydrogen-bond donors (Lipinski definition) is 0. The molecule has 0 saturated carbocycles. The Morgan fingerprint density at radius 3 is 1.98 bits per heavy atom. The van der Waals surface area contributed by atoms with Crippen LogP contribution in [0.15, 0.2) is 136 Å². The van der Waals surface area contributed by atoms with E-state index in [9.17, 15) is 0 Å². The Hall–Kier alpha value is -6.00. The fourth-order valence-electron chi connectivity index (χ4n) is 7.10. The molecular weight excluding hydrogens is 552 g/mol. The molecule has 0 bridgehead atoms. The molecule has 0 aliphatic heterocycles. The zero-order valence-corrected chi connectivity index (χ0v) is 24.3. The number of aromatic nitrogens is 2. The Morgan fingerprint density at radius 1 is 0.489 bits per heavy atom. The van der Waals surface area contributed by atoms with E-state index in [2.05, 4.69) is 116 Å². The summed E-state index contributed by atoms with van der Waals surface area (Å²) in [7, 11) is 0. The summed E-state index contributed by atoms with van der Waals surface area (Å²) in [4.78, 5) is 10.3. The second-order valence-corrected chi connectivity index (χ2v) is 11.8. The number of aryl methyl sites for hydroxylation is 1. The largest absolute Gasteiger partial charge is 0.455 e. The highest BCUT2D eigenvalue weighted by atomic mass is 16.3. The van der Waals surface area contributed by atoms with Crippen molar-refractivity contribution in [2.45, 2.75) is 6.92 Å². The van der Waals surface area contributed by atoms with E-state index < -0.39 is 0 Å². The molecular formula is C41H24N2O2. The van der Waals surface area contributed by atoms with E-state index >= 15 is 0 Å². The summed E-state index contributed by atoms with van der Waals surface area (Å²) in [6.07, 6.45) is 1.90. The standard InChI is InChI=1S/C41H24N2O2/c1-23-10-8-18-31-36-40(45-39(23)31)32(21-33-28-15-6-7-19-35(28)44-41(33)36)24-11-9-12-25(20-24)34-22-42-37-29-16-4-2-13-26(29)27-14-3-5-17-30(27)38(37)43-34/h2-22H,1H3. The van der Waals surface area contributed by atoms with Gasteiger partial charge >= 0.3 is 0 Å².